The lowest BCUT2D eigenvalue weighted by atomic mass is 9.98. The van der Waals surface area contributed by atoms with E-state index in [0.717, 1.165) is 22.3 Å². The number of carbonyl (C=O) groups is 3. The summed E-state index contributed by atoms with van der Waals surface area (Å²) in [5, 5.41) is 11.2. The highest BCUT2D eigenvalue weighted by Crippen LogP contribution is 2.44. The number of hydrogen-bond acceptors (Lipinski definition) is 7. The summed E-state index contributed by atoms with van der Waals surface area (Å²) in [5.41, 5.74) is 10.2. The highest BCUT2D eigenvalue weighted by Gasteiger charge is 2.29. The predicted molar refractivity (Wildman–Crippen MR) is 133 cm³/mol. The van der Waals surface area contributed by atoms with E-state index >= 15 is 0 Å². The summed E-state index contributed by atoms with van der Waals surface area (Å²) >= 11 is 0. The van der Waals surface area contributed by atoms with Crippen molar-refractivity contribution in [1.29, 1.82) is 0 Å². The Labute approximate surface area is 210 Å². The van der Waals surface area contributed by atoms with Crippen molar-refractivity contribution in [2.75, 3.05) is 59.2 Å². The van der Waals surface area contributed by atoms with Crippen LogP contribution in [0.4, 0.5) is 4.79 Å². The van der Waals surface area contributed by atoms with E-state index in [2.05, 4.69) is 17.4 Å². The Morgan fingerprint density at radius 2 is 1.53 bits per heavy atom. The van der Waals surface area contributed by atoms with Gasteiger partial charge in [-0.05, 0) is 22.3 Å². The molecule has 0 unspecified atom stereocenters. The molecule has 0 aliphatic heterocycles. The molecule has 0 heterocycles. The van der Waals surface area contributed by atoms with Crippen LogP contribution in [0.15, 0.2) is 48.5 Å². The summed E-state index contributed by atoms with van der Waals surface area (Å²) in [4.78, 5) is 36.8. The van der Waals surface area contributed by atoms with Crippen molar-refractivity contribution in [3.8, 4) is 11.1 Å². The molecule has 0 atom stereocenters. The van der Waals surface area contributed by atoms with Crippen LogP contribution in [-0.2, 0) is 23.8 Å². The van der Waals surface area contributed by atoms with Crippen LogP contribution in [0.25, 0.3) is 11.1 Å². The molecule has 0 saturated heterocycles. The number of nitrogens with two attached hydrogens (primary N) is 1. The lowest BCUT2D eigenvalue weighted by molar-refractivity contribution is -0.138. The standard InChI is InChI=1S/C26H33N3O7/c27-10-12-29(17-24(30)28-11-14-35-16-15-34-13-9-25(31)32)26(33)36-18-23-21-7-3-1-5-19(21)20-6-2-4-8-22(20)23/h1-8,23H,9-18,27H2,(H,28,30)(H,31,32). The van der Waals surface area contributed by atoms with Crippen molar-refractivity contribution in [2.24, 2.45) is 5.73 Å². The number of carboxylic acid groups (broad SMARTS) is 1. The van der Waals surface area contributed by atoms with E-state index in [1.165, 1.54) is 4.90 Å². The summed E-state index contributed by atoms with van der Waals surface area (Å²) < 4.78 is 16.1. The zero-order valence-corrected chi connectivity index (χ0v) is 20.2. The minimum Gasteiger partial charge on any atom is -0.481 e. The molecule has 2 aromatic carbocycles. The molecule has 10 heteroatoms. The molecule has 10 nitrogen and oxygen atoms in total. The van der Waals surface area contributed by atoms with Gasteiger partial charge in [-0.2, -0.15) is 0 Å². The van der Waals surface area contributed by atoms with E-state index in [0.29, 0.717) is 0 Å². The van der Waals surface area contributed by atoms with Crippen LogP contribution in [-0.4, -0.2) is 87.2 Å². The smallest absolute Gasteiger partial charge is 0.410 e. The van der Waals surface area contributed by atoms with E-state index in [4.69, 9.17) is 25.1 Å². The van der Waals surface area contributed by atoms with E-state index in [1.807, 2.05) is 36.4 Å². The highest BCUT2D eigenvalue weighted by molar-refractivity contribution is 5.82. The van der Waals surface area contributed by atoms with Crippen molar-refractivity contribution < 1.29 is 33.7 Å². The fourth-order valence-corrected chi connectivity index (χ4v) is 4.05. The third kappa shape index (κ3) is 7.77. The number of nitrogens with zero attached hydrogens (tertiary/aromatic N) is 1. The third-order valence-corrected chi connectivity index (χ3v) is 5.73. The topological polar surface area (TPSA) is 140 Å². The first-order valence-electron chi connectivity index (χ1n) is 11.9. The zero-order chi connectivity index (χ0) is 25.8. The summed E-state index contributed by atoms with van der Waals surface area (Å²) in [7, 11) is 0. The zero-order valence-electron chi connectivity index (χ0n) is 20.2. The molecule has 0 bridgehead atoms. The van der Waals surface area contributed by atoms with Crippen molar-refractivity contribution in [3.63, 3.8) is 0 Å². The predicted octanol–water partition coefficient (Wildman–Crippen LogP) is 1.82. The third-order valence-electron chi connectivity index (χ3n) is 5.73. The molecular weight excluding hydrogens is 466 g/mol. The first-order chi connectivity index (χ1) is 17.5. The molecule has 194 valence electrons. The molecule has 3 rings (SSSR count). The van der Waals surface area contributed by atoms with Gasteiger partial charge in [-0.25, -0.2) is 4.79 Å². The fraction of sp³-hybridized carbons (Fsp3) is 0.423. The number of carboxylic acids is 1. The second kappa shape index (κ2) is 14.2. The molecule has 1 aliphatic carbocycles. The highest BCUT2D eigenvalue weighted by atomic mass is 16.6. The first-order valence-corrected chi connectivity index (χ1v) is 11.9. The van der Waals surface area contributed by atoms with Crippen LogP contribution in [0, 0.1) is 0 Å². The van der Waals surface area contributed by atoms with Crippen LogP contribution in [0.3, 0.4) is 0 Å². The number of fused-ring (bicyclic) bond motifs is 3. The Kier molecular flexibility index (Phi) is 10.7. The monoisotopic (exact) mass is 499 g/mol. The van der Waals surface area contributed by atoms with Crippen LogP contribution >= 0.6 is 0 Å². The maximum Gasteiger partial charge on any atom is 0.410 e. The van der Waals surface area contributed by atoms with E-state index in [-0.39, 0.29) is 77.5 Å². The molecule has 36 heavy (non-hydrogen) atoms. The minimum atomic E-state index is -0.916. The van der Waals surface area contributed by atoms with Crippen molar-refractivity contribution in [2.45, 2.75) is 12.3 Å². The van der Waals surface area contributed by atoms with Gasteiger partial charge in [0.15, 0.2) is 0 Å². The van der Waals surface area contributed by atoms with Gasteiger partial charge in [-0.15, -0.1) is 0 Å². The number of amides is 2. The quantitative estimate of drug-likeness (QED) is 0.315. The molecule has 0 fully saturated rings. The van der Waals surface area contributed by atoms with Gasteiger partial charge in [-0.3, -0.25) is 14.5 Å². The van der Waals surface area contributed by atoms with Crippen LogP contribution in [0.1, 0.15) is 23.5 Å². The number of nitrogens with one attached hydrogen (secondary N) is 1. The van der Waals surface area contributed by atoms with Crippen LogP contribution in [0.2, 0.25) is 0 Å². The first kappa shape index (κ1) is 27.1. The Morgan fingerprint density at radius 1 is 0.917 bits per heavy atom. The molecular formula is C26H33N3O7. The van der Waals surface area contributed by atoms with Crippen molar-refractivity contribution >= 4 is 18.0 Å². The van der Waals surface area contributed by atoms with E-state index in [1.54, 1.807) is 0 Å². The summed E-state index contributed by atoms with van der Waals surface area (Å²) in [6.45, 7) is 1.58. The molecule has 4 N–H and O–H groups in total. The molecule has 0 radical (unpaired) electrons. The lowest BCUT2D eigenvalue weighted by Gasteiger charge is -2.22. The normalized spacial score (nSPS) is 12.0. The van der Waals surface area contributed by atoms with Crippen molar-refractivity contribution in [3.05, 3.63) is 59.7 Å². The summed E-state index contributed by atoms with van der Waals surface area (Å²) in [5.74, 6) is -1.33. The molecule has 0 spiro atoms. The molecule has 0 saturated carbocycles. The Bertz CT molecular complexity index is 985. The maximum atomic E-state index is 12.8. The van der Waals surface area contributed by atoms with Gasteiger partial charge in [-0.1, -0.05) is 48.5 Å². The summed E-state index contributed by atoms with van der Waals surface area (Å²) in [6, 6.07) is 16.2. The van der Waals surface area contributed by atoms with Gasteiger partial charge in [0, 0.05) is 25.6 Å². The minimum absolute atomic E-state index is 0.0565. The summed E-state index contributed by atoms with van der Waals surface area (Å²) in [6.07, 6.45) is -0.647. The Morgan fingerprint density at radius 3 is 2.14 bits per heavy atom. The molecule has 1 aliphatic rings. The molecule has 2 amide bonds. The number of aliphatic carboxylic acids is 1. The average molecular weight is 500 g/mol. The van der Waals surface area contributed by atoms with Gasteiger partial charge in [0.25, 0.3) is 0 Å². The Hall–Kier alpha value is -3.47. The van der Waals surface area contributed by atoms with E-state index < -0.39 is 12.1 Å². The lowest BCUT2D eigenvalue weighted by Crippen LogP contribution is -2.44. The number of ether oxygens (including phenoxy) is 3. The Balaban J connectivity index is 1.41. The SMILES string of the molecule is NCCN(CC(=O)NCCOCCOCCC(=O)O)C(=O)OCC1c2ccccc2-c2ccccc21. The van der Waals surface area contributed by atoms with Gasteiger partial charge >= 0.3 is 12.1 Å². The van der Waals surface area contributed by atoms with Crippen LogP contribution in [0.5, 0.6) is 0 Å². The maximum absolute atomic E-state index is 12.8. The second-order valence-electron chi connectivity index (χ2n) is 8.23. The van der Waals surface area contributed by atoms with Crippen molar-refractivity contribution in [1.82, 2.24) is 10.2 Å². The molecule has 0 aromatic heterocycles. The van der Waals surface area contributed by atoms with Gasteiger partial charge in [0.1, 0.15) is 13.2 Å². The average Bonchev–Trinajstić information content (AvgIpc) is 3.19. The number of benzene rings is 2. The van der Waals surface area contributed by atoms with E-state index in [9.17, 15) is 14.4 Å². The second-order valence-corrected chi connectivity index (χ2v) is 8.23. The molecule has 2 aromatic rings. The van der Waals surface area contributed by atoms with Gasteiger partial charge in [0.05, 0.1) is 32.8 Å². The van der Waals surface area contributed by atoms with Gasteiger partial charge in [0.2, 0.25) is 5.91 Å². The number of carbonyl (C=O) groups excluding carboxylic acids is 2. The van der Waals surface area contributed by atoms with Crippen LogP contribution < -0.4 is 11.1 Å². The number of hydrogen-bond donors (Lipinski definition) is 3. The van der Waals surface area contributed by atoms with Gasteiger partial charge < -0.3 is 30.4 Å². The number of rotatable bonds is 15. The largest absolute Gasteiger partial charge is 0.481 e. The fourth-order valence-electron chi connectivity index (χ4n) is 4.05.